The zero-order chi connectivity index (χ0) is 13.5. The normalized spacial score (nSPS) is 10.7. The Labute approximate surface area is 111 Å². The second kappa shape index (κ2) is 7.20. The lowest BCUT2D eigenvalue weighted by atomic mass is 9.92. The summed E-state index contributed by atoms with van der Waals surface area (Å²) in [5.41, 5.74) is 2.81. The van der Waals surface area contributed by atoms with Crippen molar-refractivity contribution in [3.63, 3.8) is 0 Å². The number of ether oxygens (including phenoxy) is 1. The second-order valence-corrected chi connectivity index (χ2v) is 4.74. The highest BCUT2D eigenvalue weighted by Crippen LogP contribution is 2.29. The van der Waals surface area contributed by atoms with Crippen molar-refractivity contribution >= 4 is 5.71 Å². The molecule has 2 nitrogen and oxygen atoms in total. The van der Waals surface area contributed by atoms with Gasteiger partial charge in [0.1, 0.15) is 5.75 Å². The van der Waals surface area contributed by atoms with E-state index >= 15 is 0 Å². The summed E-state index contributed by atoms with van der Waals surface area (Å²) in [6.07, 6.45) is 3.28. The van der Waals surface area contributed by atoms with Crippen LogP contribution in [0.1, 0.15) is 64.0 Å². The molecule has 0 bridgehead atoms. The third-order valence-electron chi connectivity index (χ3n) is 3.33. The Kier molecular flexibility index (Phi) is 5.90. The summed E-state index contributed by atoms with van der Waals surface area (Å²) in [5, 5.41) is 7.80. The van der Waals surface area contributed by atoms with Crippen LogP contribution in [0, 0.1) is 5.41 Å². The molecule has 1 rings (SSSR count). The summed E-state index contributed by atoms with van der Waals surface area (Å²) in [5.74, 6) is 1.46. The predicted octanol–water partition coefficient (Wildman–Crippen LogP) is 4.77. The number of nitrogens with one attached hydrogen (secondary N) is 1. The van der Waals surface area contributed by atoms with Crippen molar-refractivity contribution in [1.29, 1.82) is 5.41 Å². The fourth-order valence-electron chi connectivity index (χ4n) is 2.19. The lowest BCUT2D eigenvalue weighted by Crippen LogP contribution is -2.04. The smallest absolute Gasteiger partial charge is 0.128 e. The summed E-state index contributed by atoms with van der Waals surface area (Å²) in [7, 11) is 0. The van der Waals surface area contributed by atoms with Crippen molar-refractivity contribution in [3.05, 3.63) is 29.3 Å². The van der Waals surface area contributed by atoms with Gasteiger partial charge in [0.25, 0.3) is 0 Å². The molecule has 100 valence electrons. The van der Waals surface area contributed by atoms with E-state index in [-0.39, 0.29) is 0 Å². The van der Waals surface area contributed by atoms with E-state index in [0.29, 0.717) is 18.2 Å². The number of rotatable bonds is 7. The molecule has 0 aromatic heterocycles. The van der Waals surface area contributed by atoms with Gasteiger partial charge in [0.15, 0.2) is 0 Å². The fraction of sp³-hybridized carbons (Fsp3) is 0.562. The molecule has 18 heavy (non-hydrogen) atoms. The Balaban J connectivity index is 3.07. The maximum Gasteiger partial charge on any atom is 0.128 e. The first kappa shape index (κ1) is 14.7. The fourth-order valence-corrected chi connectivity index (χ4v) is 2.19. The number of hydrogen-bond donors (Lipinski definition) is 1. The summed E-state index contributed by atoms with van der Waals surface area (Å²) >= 11 is 0. The van der Waals surface area contributed by atoms with Crippen LogP contribution in [0.3, 0.4) is 0 Å². The van der Waals surface area contributed by atoms with Crippen LogP contribution in [0.25, 0.3) is 0 Å². The van der Waals surface area contributed by atoms with Gasteiger partial charge in [0.05, 0.1) is 6.61 Å². The first-order valence-electron chi connectivity index (χ1n) is 6.96. The van der Waals surface area contributed by atoms with Gasteiger partial charge in [-0.2, -0.15) is 0 Å². The largest absolute Gasteiger partial charge is 0.493 e. The summed E-state index contributed by atoms with van der Waals surface area (Å²) < 4.78 is 5.79. The van der Waals surface area contributed by atoms with Gasteiger partial charge < -0.3 is 10.1 Å². The molecule has 0 spiro atoms. The van der Waals surface area contributed by atoms with Gasteiger partial charge in [-0.1, -0.05) is 26.8 Å². The molecular formula is C16H25NO. The molecule has 1 aromatic carbocycles. The Morgan fingerprint density at radius 2 is 1.89 bits per heavy atom. The van der Waals surface area contributed by atoms with E-state index in [9.17, 15) is 0 Å². The topological polar surface area (TPSA) is 33.1 Å². The van der Waals surface area contributed by atoms with Gasteiger partial charge in [-0.05, 0) is 49.8 Å². The average molecular weight is 247 g/mol. The zero-order valence-electron chi connectivity index (χ0n) is 12.0. The van der Waals surface area contributed by atoms with E-state index in [1.165, 1.54) is 5.56 Å². The maximum absolute atomic E-state index is 7.80. The van der Waals surface area contributed by atoms with Gasteiger partial charge in [-0.25, -0.2) is 0 Å². The lowest BCUT2D eigenvalue weighted by Gasteiger charge is -2.17. The van der Waals surface area contributed by atoms with Gasteiger partial charge in [0.2, 0.25) is 0 Å². The SMILES string of the molecule is CCCOc1cc(C(CC)CC)ccc1C(C)=N. The molecule has 0 heterocycles. The van der Waals surface area contributed by atoms with Crippen molar-refractivity contribution in [2.45, 2.75) is 52.9 Å². The monoisotopic (exact) mass is 247 g/mol. The number of hydrogen-bond acceptors (Lipinski definition) is 2. The minimum atomic E-state index is 0.567. The molecule has 1 aromatic rings. The highest BCUT2D eigenvalue weighted by Gasteiger charge is 2.12. The van der Waals surface area contributed by atoms with Crippen LogP contribution in [0.5, 0.6) is 5.75 Å². The summed E-state index contributed by atoms with van der Waals surface area (Å²) in [6.45, 7) is 9.06. The standard InChI is InChI=1S/C16H25NO/c1-5-10-18-16-11-14(13(6-2)7-3)8-9-15(16)12(4)17/h8-9,11,13,17H,5-7,10H2,1-4H3. The van der Waals surface area contributed by atoms with E-state index in [2.05, 4.69) is 32.9 Å². The second-order valence-electron chi connectivity index (χ2n) is 4.74. The number of benzene rings is 1. The molecule has 0 aliphatic heterocycles. The molecule has 0 aliphatic carbocycles. The van der Waals surface area contributed by atoms with Crippen molar-refractivity contribution in [2.75, 3.05) is 6.61 Å². The van der Waals surface area contributed by atoms with E-state index in [1.54, 1.807) is 0 Å². The van der Waals surface area contributed by atoms with E-state index in [1.807, 2.05) is 13.0 Å². The third-order valence-corrected chi connectivity index (χ3v) is 3.33. The third kappa shape index (κ3) is 3.59. The Morgan fingerprint density at radius 3 is 2.39 bits per heavy atom. The first-order chi connectivity index (χ1) is 8.63. The maximum atomic E-state index is 7.80. The highest BCUT2D eigenvalue weighted by atomic mass is 16.5. The quantitative estimate of drug-likeness (QED) is 0.692. The molecule has 1 N–H and O–H groups in total. The van der Waals surface area contributed by atoms with Crippen molar-refractivity contribution in [2.24, 2.45) is 0 Å². The van der Waals surface area contributed by atoms with Crippen LogP contribution in [0.15, 0.2) is 18.2 Å². The molecule has 0 aliphatic rings. The van der Waals surface area contributed by atoms with Crippen LogP contribution in [-0.4, -0.2) is 12.3 Å². The van der Waals surface area contributed by atoms with Crippen molar-refractivity contribution in [3.8, 4) is 5.75 Å². The van der Waals surface area contributed by atoms with E-state index in [0.717, 1.165) is 30.6 Å². The van der Waals surface area contributed by atoms with Gasteiger partial charge in [-0.3, -0.25) is 0 Å². The average Bonchev–Trinajstić information content (AvgIpc) is 2.37. The Morgan fingerprint density at radius 1 is 1.22 bits per heavy atom. The summed E-state index contributed by atoms with van der Waals surface area (Å²) in [6, 6.07) is 6.30. The van der Waals surface area contributed by atoms with E-state index in [4.69, 9.17) is 10.1 Å². The van der Waals surface area contributed by atoms with Crippen LogP contribution in [-0.2, 0) is 0 Å². The van der Waals surface area contributed by atoms with Crippen LogP contribution in [0.2, 0.25) is 0 Å². The van der Waals surface area contributed by atoms with Gasteiger partial charge in [0, 0.05) is 11.3 Å². The Hall–Kier alpha value is -1.31. The van der Waals surface area contributed by atoms with Crippen molar-refractivity contribution < 1.29 is 4.74 Å². The van der Waals surface area contributed by atoms with Crippen LogP contribution >= 0.6 is 0 Å². The molecule has 0 saturated carbocycles. The molecule has 0 radical (unpaired) electrons. The molecule has 0 fully saturated rings. The minimum absolute atomic E-state index is 0.567. The molecule has 0 unspecified atom stereocenters. The van der Waals surface area contributed by atoms with Crippen LogP contribution < -0.4 is 4.74 Å². The zero-order valence-corrected chi connectivity index (χ0v) is 12.0. The first-order valence-corrected chi connectivity index (χ1v) is 6.96. The lowest BCUT2D eigenvalue weighted by molar-refractivity contribution is 0.316. The molecule has 0 saturated heterocycles. The Bertz CT molecular complexity index is 394. The van der Waals surface area contributed by atoms with E-state index < -0.39 is 0 Å². The molecular weight excluding hydrogens is 222 g/mol. The summed E-state index contributed by atoms with van der Waals surface area (Å²) in [4.78, 5) is 0. The molecule has 0 amide bonds. The molecule has 0 atom stereocenters. The minimum Gasteiger partial charge on any atom is -0.493 e. The highest BCUT2D eigenvalue weighted by molar-refractivity contribution is 5.98. The predicted molar refractivity (Wildman–Crippen MR) is 78.1 cm³/mol. The van der Waals surface area contributed by atoms with Crippen LogP contribution in [0.4, 0.5) is 0 Å². The molecule has 2 heteroatoms. The van der Waals surface area contributed by atoms with Gasteiger partial charge in [-0.15, -0.1) is 0 Å². The van der Waals surface area contributed by atoms with Crippen molar-refractivity contribution in [1.82, 2.24) is 0 Å². The van der Waals surface area contributed by atoms with Gasteiger partial charge >= 0.3 is 0 Å².